The smallest absolute Gasteiger partial charge is 0.242 e. The number of carbonyl (C=O) groups excluding carboxylic acids is 2. The molecule has 0 N–H and O–H groups in total. The Labute approximate surface area is 154 Å². The average Bonchev–Trinajstić information content (AvgIpc) is 2.62. The van der Waals surface area contributed by atoms with Gasteiger partial charge in [0.05, 0.1) is 17.8 Å². The van der Waals surface area contributed by atoms with Gasteiger partial charge >= 0.3 is 0 Å². The Bertz CT molecular complexity index is 883. The molecule has 1 amide bonds. The highest BCUT2D eigenvalue weighted by atomic mass is 35.5. The number of carbonyl (C=O) groups is 2. The van der Waals surface area contributed by atoms with E-state index in [4.69, 9.17) is 11.6 Å². The highest BCUT2D eigenvalue weighted by molar-refractivity contribution is 6.40. The van der Waals surface area contributed by atoms with Crippen molar-refractivity contribution in [3.63, 3.8) is 0 Å². The molecule has 0 spiro atoms. The van der Waals surface area contributed by atoms with Crippen molar-refractivity contribution in [3.8, 4) is 0 Å². The van der Waals surface area contributed by atoms with E-state index in [9.17, 15) is 14.0 Å². The number of amides is 1. The van der Waals surface area contributed by atoms with Crippen LogP contribution in [0.3, 0.4) is 0 Å². The van der Waals surface area contributed by atoms with Gasteiger partial charge in [-0.1, -0.05) is 11.6 Å². The molecule has 6 nitrogen and oxygen atoms in total. The number of hydrazone groups is 1. The molecule has 3 rings (SSSR count). The van der Waals surface area contributed by atoms with Gasteiger partial charge in [0.1, 0.15) is 11.5 Å². The molecule has 0 fully saturated rings. The molecule has 0 bridgehead atoms. The fourth-order valence-electron chi connectivity index (χ4n) is 2.59. The summed E-state index contributed by atoms with van der Waals surface area (Å²) < 4.78 is 13.8. The van der Waals surface area contributed by atoms with Crippen LogP contribution in [0.2, 0.25) is 5.02 Å². The lowest BCUT2D eigenvalue weighted by molar-refractivity contribution is -0.130. The van der Waals surface area contributed by atoms with Crippen molar-refractivity contribution >= 4 is 29.0 Å². The van der Waals surface area contributed by atoms with Gasteiger partial charge in [-0.25, -0.2) is 9.40 Å². The van der Waals surface area contributed by atoms with Gasteiger partial charge in [-0.3, -0.25) is 9.59 Å². The zero-order chi connectivity index (χ0) is 18.7. The predicted molar refractivity (Wildman–Crippen MR) is 94.4 cm³/mol. The number of Topliss-reactive ketones (excluding diaryl/α,β-unsaturated/α-hetero) is 1. The molecule has 8 heteroatoms. The molecule has 1 aromatic carbocycles. The minimum absolute atomic E-state index is 0.0552. The molecule has 26 heavy (non-hydrogen) atoms. The maximum Gasteiger partial charge on any atom is 0.242 e. The van der Waals surface area contributed by atoms with Crippen molar-refractivity contribution in [2.24, 2.45) is 5.10 Å². The Morgan fingerprint density at radius 3 is 2.62 bits per heavy atom. The monoisotopic (exact) mass is 374 g/mol. The van der Waals surface area contributed by atoms with Gasteiger partial charge in [0, 0.05) is 31.3 Å². The van der Waals surface area contributed by atoms with Crippen LogP contribution in [-0.4, -0.2) is 39.7 Å². The molecule has 0 radical (unpaired) electrons. The molecule has 2 heterocycles. The molecule has 0 saturated heterocycles. The van der Waals surface area contributed by atoms with Gasteiger partial charge in [0.2, 0.25) is 5.91 Å². The molecule has 1 aliphatic rings. The van der Waals surface area contributed by atoms with Crippen LogP contribution in [0.4, 0.5) is 4.39 Å². The minimum Gasteiger partial charge on any atom is -0.292 e. The standard InChI is InChI=1S/C18H16ClFN4O2/c1-24-18(26)7-6-16(23-24)17(25)10-14-4-3-13(21-22-14)9-11-8-12(19)2-5-15(11)20/h2-5,8H,6-7,9-10H2,1H3. The molecular formula is C18H16ClFN4O2. The maximum absolute atomic E-state index is 13.8. The molecule has 0 atom stereocenters. The van der Waals surface area contributed by atoms with Crippen molar-refractivity contribution < 1.29 is 14.0 Å². The topological polar surface area (TPSA) is 75.5 Å². The summed E-state index contributed by atoms with van der Waals surface area (Å²) in [5.74, 6) is -0.657. The van der Waals surface area contributed by atoms with Crippen LogP contribution < -0.4 is 0 Å². The van der Waals surface area contributed by atoms with E-state index in [1.165, 1.54) is 24.2 Å². The third kappa shape index (κ3) is 4.29. The number of rotatable bonds is 5. The van der Waals surface area contributed by atoms with E-state index in [0.717, 1.165) is 0 Å². The molecule has 0 aliphatic carbocycles. The zero-order valence-corrected chi connectivity index (χ0v) is 14.8. The summed E-state index contributed by atoms with van der Waals surface area (Å²) in [7, 11) is 1.53. The highest BCUT2D eigenvalue weighted by Crippen LogP contribution is 2.17. The summed E-state index contributed by atoms with van der Waals surface area (Å²) in [6.45, 7) is 0. The largest absolute Gasteiger partial charge is 0.292 e. The van der Waals surface area contributed by atoms with Gasteiger partial charge in [0.25, 0.3) is 0 Å². The van der Waals surface area contributed by atoms with Crippen LogP contribution in [-0.2, 0) is 22.4 Å². The van der Waals surface area contributed by atoms with Crippen LogP contribution in [0, 0.1) is 5.82 Å². The molecule has 0 unspecified atom stereocenters. The summed E-state index contributed by atoms with van der Waals surface area (Å²) in [6, 6.07) is 7.73. The predicted octanol–water partition coefficient (Wildman–Crippen LogP) is 2.58. The number of nitrogens with zero attached hydrogens (tertiary/aromatic N) is 4. The average molecular weight is 375 g/mol. The quantitative estimate of drug-likeness (QED) is 0.806. The van der Waals surface area contributed by atoms with Crippen LogP contribution in [0.25, 0.3) is 0 Å². The van der Waals surface area contributed by atoms with Gasteiger partial charge in [-0.2, -0.15) is 15.3 Å². The van der Waals surface area contributed by atoms with Crippen LogP contribution in [0.5, 0.6) is 0 Å². The fraction of sp³-hybridized carbons (Fsp3) is 0.278. The van der Waals surface area contributed by atoms with Crippen LogP contribution >= 0.6 is 11.6 Å². The number of halogens is 2. The van der Waals surface area contributed by atoms with E-state index in [1.54, 1.807) is 18.2 Å². The second kappa shape index (κ2) is 7.70. The fourth-order valence-corrected chi connectivity index (χ4v) is 2.78. The summed E-state index contributed by atoms with van der Waals surface area (Å²) >= 11 is 5.88. The molecular weight excluding hydrogens is 359 g/mol. The normalized spacial score (nSPS) is 14.3. The van der Waals surface area contributed by atoms with Crippen molar-refractivity contribution in [3.05, 3.63) is 58.1 Å². The highest BCUT2D eigenvalue weighted by Gasteiger charge is 2.22. The van der Waals surface area contributed by atoms with Gasteiger partial charge < -0.3 is 0 Å². The van der Waals surface area contributed by atoms with E-state index >= 15 is 0 Å². The molecule has 1 aromatic heterocycles. The van der Waals surface area contributed by atoms with Gasteiger partial charge in [-0.05, 0) is 35.9 Å². The Morgan fingerprint density at radius 2 is 1.92 bits per heavy atom. The first kappa shape index (κ1) is 18.1. The first-order valence-electron chi connectivity index (χ1n) is 8.05. The van der Waals surface area contributed by atoms with Crippen LogP contribution in [0.15, 0.2) is 35.4 Å². The number of ketones is 1. The summed E-state index contributed by atoms with van der Waals surface area (Å²) in [6.07, 6.45) is 0.922. The zero-order valence-electron chi connectivity index (χ0n) is 14.1. The van der Waals surface area contributed by atoms with E-state index in [2.05, 4.69) is 15.3 Å². The Kier molecular flexibility index (Phi) is 5.37. The Balaban J connectivity index is 1.66. The molecule has 1 aliphatic heterocycles. The Morgan fingerprint density at radius 1 is 1.19 bits per heavy atom. The van der Waals surface area contributed by atoms with Crippen LogP contribution in [0.1, 0.15) is 29.8 Å². The lowest BCUT2D eigenvalue weighted by Gasteiger charge is -2.18. The molecule has 134 valence electrons. The maximum atomic E-state index is 13.8. The van der Waals surface area contributed by atoms with Gasteiger partial charge in [-0.15, -0.1) is 0 Å². The second-order valence-electron chi connectivity index (χ2n) is 5.99. The third-order valence-corrected chi connectivity index (χ3v) is 4.26. The number of benzene rings is 1. The minimum atomic E-state index is -0.357. The lowest BCUT2D eigenvalue weighted by atomic mass is 10.0. The van der Waals surface area contributed by atoms with E-state index in [1.807, 2.05) is 0 Å². The number of hydrogen-bond donors (Lipinski definition) is 0. The summed E-state index contributed by atoms with van der Waals surface area (Å²) in [4.78, 5) is 23.7. The first-order chi connectivity index (χ1) is 12.4. The van der Waals surface area contributed by atoms with E-state index in [0.29, 0.717) is 34.1 Å². The lowest BCUT2D eigenvalue weighted by Crippen LogP contribution is -2.32. The second-order valence-corrected chi connectivity index (χ2v) is 6.43. The van der Waals surface area contributed by atoms with E-state index < -0.39 is 0 Å². The number of aromatic nitrogens is 2. The SMILES string of the molecule is CN1N=C(C(=O)Cc2ccc(Cc3cc(Cl)ccc3F)nn2)CCC1=O. The van der Waals surface area contributed by atoms with Crippen molar-refractivity contribution in [1.29, 1.82) is 0 Å². The first-order valence-corrected chi connectivity index (χ1v) is 8.43. The molecule has 2 aromatic rings. The van der Waals surface area contributed by atoms with Crippen molar-refractivity contribution in [1.82, 2.24) is 15.2 Å². The van der Waals surface area contributed by atoms with E-state index in [-0.39, 0.29) is 36.8 Å². The summed E-state index contributed by atoms with van der Waals surface area (Å²) in [5.41, 5.74) is 1.86. The van der Waals surface area contributed by atoms with Gasteiger partial charge in [0.15, 0.2) is 5.78 Å². The third-order valence-electron chi connectivity index (χ3n) is 4.03. The van der Waals surface area contributed by atoms with Crippen molar-refractivity contribution in [2.45, 2.75) is 25.7 Å². The summed E-state index contributed by atoms with van der Waals surface area (Å²) in [5, 5.41) is 13.7. The Hall–Kier alpha value is -2.67. The molecule has 0 saturated carbocycles. The van der Waals surface area contributed by atoms with Crippen molar-refractivity contribution in [2.75, 3.05) is 7.05 Å². The number of hydrogen-bond acceptors (Lipinski definition) is 5.